The molecule has 1 aromatic rings. The molecule has 0 radical (unpaired) electrons. The molecule has 1 aliphatic heterocycles. The Hall–Kier alpha value is -1.18. The third kappa shape index (κ3) is 4.15. The Balaban J connectivity index is 1.85. The minimum atomic E-state index is -3.47. The van der Waals surface area contributed by atoms with E-state index in [9.17, 15) is 8.42 Å². The second kappa shape index (κ2) is 6.31. The van der Waals surface area contributed by atoms with Crippen LogP contribution >= 0.6 is 0 Å². The van der Waals surface area contributed by atoms with Gasteiger partial charge in [-0.05, 0) is 38.1 Å². The van der Waals surface area contributed by atoms with Crippen LogP contribution in [0.15, 0.2) is 23.2 Å². The summed E-state index contributed by atoms with van der Waals surface area (Å²) in [4.78, 5) is 6.23. The summed E-state index contributed by atoms with van der Waals surface area (Å²) < 4.78 is 26.5. The van der Waals surface area contributed by atoms with E-state index in [1.54, 1.807) is 0 Å². The highest BCUT2D eigenvalue weighted by Gasteiger charge is 2.15. The molecule has 3 N–H and O–H groups in total. The van der Waals surface area contributed by atoms with E-state index in [0.29, 0.717) is 12.4 Å². The minimum absolute atomic E-state index is 0.153. The third-order valence-electron chi connectivity index (χ3n) is 3.24. The number of aromatic nitrogens is 1. The number of hydrogen-bond acceptors (Lipinski definition) is 5. The smallest absolute Gasteiger partial charge is 0.242 e. The van der Waals surface area contributed by atoms with Crippen molar-refractivity contribution in [3.8, 4) is 0 Å². The van der Waals surface area contributed by atoms with Gasteiger partial charge in [0.1, 0.15) is 10.7 Å². The van der Waals surface area contributed by atoms with Gasteiger partial charge in [-0.25, -0.2) is 18.1 Å². The van der Waals surface area contributed by atoms with Gasteiger partial charge in [0.15, 0.2) is 0 Å². The summed E-state index contributed by atoms with van der Waals surface area (Å²) in [6.07, 6.45) is 4.96. The minimum Gasteiger partial charge on any atom is -0.384 e. The highest BCUT2D eigenvalue weighted by molar-refractivity contribution is 7.89. The number of rotatable bonds is 5. The zero-order chi connectivity index (χ0) is 13.7. The van der Waals surface area contributed by atoms with Crippen LogP contribution in [0.25, 0.3) is 0 Å². The van der Waals surface area contributed by atoms with Gasteiger partial charge in [-0.15, -0.1) is 0 Å². The Morgan fingerprint density at radius 3 is 2.63 bits per heavy atom. The first kappa shape index (κ1) is 14.2. The van der Waals surface area contributed by atoms with Crippen LogP contribution in [-0.4, -0.2) is 44.5 Å². The number of nitrogens with one attached hydrogen (secondary N) is 1. The molecule has 2 heterocycles. The summed E-state index contributed by atoms with van der Waals surface area (Å²) in [6, 6.07) is 2.95. The Morgan fingerprint density at radius 1 is 1.26 bits per heavy atom. The largest absolute Gasteiger partial charge is 0.384 e. The van der Waals surface area contributed by atoms with E-state index in [-0.39, 0.29) is 4.90 Å². The first-order chi connectivity index (χ1) is 9.08. The zero-order valence-corrected chi connectivity index (χ0v) is 11.7. The van der Waals surface area contributed by atoms with Gasteiger partial charge in [0.05, 0.1) is 0 Å². The second-order valence-electron chi connectivity index (χ2n) is 4.72. The predicted octanol–water partition coefficient (Wildman–Crippen LogP) is 0.428. The Kier molecular flexibility index (Phi) is 4.73. The molecule has 0 amide bonds. The topological polar surface area (TPSA) is 88.3 Å². The van der Waals surface area contributed by atoms with Gasteiger partial charge < -0.3 is 10.6 Å². The van der Waals surface area contributed by atoms with Crippen LogP contribution in [0.1, 0.15) is 19.3 Å². The molecule has 0 aliphatic carbocycles. The van der Waals surface area contributed by atoms with E-state index < -0.39 is 10.0 Å². The van der Waals surface area contributed by atoms with Gasteiger partial charge in [-0.2, -0.15) is 0 Å². The lowest BCUT2D eigenvalue weighted by atomic mass is 10.1. The summed E-state index contributed by atoms with van der Waals surface area (Å²) in [5.41, 5.74) is 5.43. The van der Waals surface area contributed by atoms with Crippen molar-refractivity contribution in [3.63, 3.8) is 0 Å². The van der Waals surface area contributed by atoms with Crippen molar-refractivity contribution in [2.75, 3.05) is 31.9 Å². The summed E-state index contributed by atoms with van der Waals surface area (Å²) in [6.45, 7) is 3.30. The zero-order valence-electron chi connectivity index (χ0n) is 10.9. The number of nitrogen functional groups attached to an aromatic ring is 1. The summed E-state index contributed by atoms with van der Waals surface area (Å²) in [7, 11) is -3.47. The lowest BCUT2D eigenvalue weighted by molar-refractivity contribution is 0.233. The van der Waals surface area contributed by atoms with E-state index in [4.69, 9.17) is 5.73 Å². The average Bonchev–Trinajstić information content (AvgIpc) is 2.40. The second-order valence-corrected chi connectivity index (χ2v) is 6.49. The van der Waals surface area contributed by atoms with Crippen molar-refractivity contribution in [1.82, 2.24) is 14.6 Å². The molecule has 0 spiro atoms. The first-order valence-corrected chi connectivity index (χ1v) is 8.00. The molecule has 106 valence electrons. The highest BCUT2D eigenvalue weighted by atomic mass is 32.2. The van der Waals surface area contributed by atoms with Crippen LogP contribution in [0.3, 0.4) is 0 Å². The fourth-order valence-electron chi connectivity index (χ4n) is 2.16. The molecule has 0 bridgehead atoms. The summed E-state index contributed by atoms with van der Waals surface area (Å²) >= 11 is 0. The maximum absolute atomic E-state index is 12.0. The molecular formula is C12H20N4O2S. The van der Waals surface area contributed by atoms with Crippen molar-refractivity contribution in [1.29, 1.82) is 0 Å². The number of pyridine rings is 1. The van der Waals surface area contributed by atoms with Crippen LogP contribution in [0.4, 0.5) is 5.82 Å². The maximum atomic E-state index is 12.0. The quantitative estimate of drug-likeness (QED) is 0.818. The number of likely N-dealkylation sites (tertiary alicyclic amines) is 1. The van der Waals surface area contributed by atoms with Crippen molar-refractivity contribution >= 4 is 15.8 Å². The lowest BCUT2D eigenvalue weighted by Crippen LogP contribution is -2.37. The third-order valence-corrected chi connectivity index (χ3v) is 4.68. The van der Waals surface area contributed by atoms with E-state index in [2.05, 4.69) is 14.6 Å². The molecule has 1 aromatic heterocycles. The number of anilines is 1. The van der Waals surface area contributed by atoms with Gasteiger partial charge in [0.2, 0.25) is 10.0 Å². The van der Waals surface area contributed by atoms with E-state index >= 15 is 0 Å². The average molecular weight is 284 g/mol. The summed E-state index contributed by atoms with van der Waals surface area (Å²) in [5.74, 6) is 0.312. The molecule has 19 heavy (non-hydrogen) atoms. The van der Waals surface area contributed by atoms with Crippen LogP contribution in [-0.2, 0) is 10.0 Å². The van der Waals surface area contributed by atoms with Crippen LogP contribution in [0.2, 0.25) is 0 Å². The molecule has 0 unspecified atom stereocenters. The predicted molar refractivity (Wildman–Crippen MR) is 74.1 cm³/mol. The van der Waals surface area contributed by atoms with Gasteiger partial charge in [-0.3, -0.25) is 0 Å². The molecule has 0 atom stereocenters. The molecule has 1 aliphatic rings. The van der Waals surface area contributed by atoms with Crippen LogP contribution in [0, 0.1) is 0 Å². The van der Waals surface area contributed by atoms with E-state index in [1.807, 2.05) is 0 Å². The summed E-state index contributed by atoms with van der Waals surface area (Å²) in [5, 5.41) is 0. The van der Waals surface area contributed by atoms with Crippen molar-refractivity contribution < 1.29 is 8.42 Å². The number of nitrogens with two attached hydrogens (primary N) is 1. The van der Waals surface area contributed by atoms with Crippen molar-refractivity contribution in [3.05, 3.63) is 18.3 Å². The number of piperidine rings is 1. The molecule has 6 nitrogen and oxygen atoms in total. The van der Waals surface area contributed by atoms with E-state index in [0.717, 1.165) is 19.6 Å². The monoisotopic (exact) mass is 284 g/mol. The standard InChI is InChI=1S/C12H20N4O2S/c13-12-5-4-11(10-14-12)19(17,18)15-6-9-16-7-2-1-3-8-16/h4-5,10,15H,1-3,6-9H2,(H2,13,14). The van der Waals surface area contributed by atoms with Gasteiger partial charge in [0, 0.05) is 19.3 Å². The molecular weight excluding hydrogens is 264 g/mol. The molecule has 1 fully saturated rings. The molecule has 7 heteroatoms. The van der Waals surface area contributed by atoms with Crippen molar-refractivity contribution in [2.24, 2.45) is 0 Å². The van der Waals surface area contributed by atoms with Crippen molar-refractivity contribution in [2.45, 2.75) is 24.2 Å². The number of hydrogen-bond donors (Lipinski definition) is 2. The lowest BCUT2D eigenvalue weighted by Gasteiger charge is -2.26. The normalized spacial score (nSPS) is 17.5. The fraction of sp³-hybridized carbons (Fsp3) is 0.583. The highest BCUT2D eigenvalue weighted by Crippen LogP contribution is 2.09. The molecule has 0 saturated carbocycles. The van der Waals surface area contributed by atoms with Gasteiger partial charge >= 0.3 is 0 Å². The Bertz CT molecular complexity index is 495. The molecule has 1 saturated heterocycles. The molecule has 2 rings (SSSR count). The number of sulfonamides is 1. The first-order valence-electron chi connectivity index (χ1n) is 6.51. The van der Waals surface area contributed by atoms with Gasteiger partial charge in [-0.1, -0.05) is 6.42 Å². The molecule has 0 aromatic carbocycles. The maximum Gasteiger partial charge on any atom is 0.242 e. The fourth-order valence-corrected chi connectivity index (χ4v) is 3.12. The SMILES string of the molecule is Nc1ccc(S(=O)(=O)NCCN2CCCCC2)cn1. The van der Waals surface area contributed by atoms with Crippen LogP contribution < -0.4 is 10.5 Å². The Labute approximate surface area is 114 Å². The Morgan fingerprint density at radius 2 is 2.00 bits per heavy atom. The number of nitrogens with zero attached hydrogens (tertiary/aromatic N) is 2. The van der Waals surface area contributed by atoms with Gasteiger partial charge in [0.25, 0.3) is 0 Å². The van der Waals surface area contributed by atoms with Crippen LogP contribution in [0.5, 0.6) is 0 Å². The van der Waals surface area contributed by atoms with E-state index in [1.165, 1.54) is 37.6 Å².